The van der Waals surface area contributed by atoms with Crippen LogP contribution in [0.1, 0.15) is 129 Å². The summed E-state index contributed by atoms with van der Waals surface area (Å²) in [6, 6.07) is 17.7. The van der Waals surface area contributed by atoms with Gasteiger partial charge in [-0.15, -0.1) is 6.58 Å². The first-order valence-corrected chi connectivity index (χ1v) is 18.4. The van der Waals surface area contributed by atoms with Gasteiger partial charge in [0.15, 0.2) is 23.1 Å². The van der Waals surface area contributed by atoms with E-state index in [1.807, 2.05) is 18.2 Å². The molecule has 50 heavy (non-hydrogen) atoms. The third-order valence-electron chi connectivity index (χ3n) is 9.25. The molecule has 0 unspecified atom stereocenters. The van der Waals surface area contributed by atoms with E-state index in [9.17, 15) is 13.6 Å². The Balaban J connectivity index is 1.10. The van der Waals surface area contributed by atoms with E-state index in [0.29, 0.717) is 56.5 Å². The fraction of sp³-hybridized carbons (Fsp3) is 0.500. The van der Waals surface area contributed by atoms with Gasteiger partial charge in [-0.05, 0) is 123 Å². The Morgan fingerprint density at radius 1 is 0.700 bits per heavy atom. The van der Waals surface area contributed by atoms with Crippen molar-refractivity contribution in [1.29, 1.82) is 0 Å². The molecule has 6 nitrogen and oxygen atoms in total. The molecule has 1 aliphatic rings. The number of unbranched alkanes of at least 4 members (excludes halogenated alkanes) is 6. The van der Waals surface area contributed by atoms with Gasteiger partial charge >= 0.3 is 5.97 Å². The van der Waals surface area contributed by atoms with Crippen LogP contribution in [-0.2, 0) is 21.1 Å². The molecule has 0 spiro atoms. The number of hydrogen-bond donors (Lipinski definition) is 0. The highest BCUT2D eigenvalue weighted by atomic mass is 19.1. The standard InChI is InChI=1S/C42H54F2O6/c1-3-5-7-8-10-25-46-40-23-21-36(29-38(40)43)33-17-19-34(20-18-33)37-22-24-41(39(44)30-37)47-26-11-12-27-48-42(45)35-15-13-32(14-16-35)31-50-49-28-9-6-4-2/h4,13-16,21-24,29-30,33-34H,2-3,5-12,17-20,25-28,31H2,1H3. The zero-order chi connectivity index (χ0) is 35.4. The molecule has 3 aromatic rings. The molecule has 3 aromatic carbocycles. The van der Waals surface area contributed by atoms with Crippen molar-refractivity contribution in [2.75, 3.05) is 26.4 Å². The number of benzene rings is 3. The lowest BCUT2D eigenvalue weighted by Crippen LogP contribution is -2.13. The van der Waals surface area contributed by atoms with E-state index in [1.165, 1.54) is 19.3 Å². The van der Waals surface area contributed by atoms with Crippen molar-refractivity contribution in [1.82, 2.24) is 0 Å². The summed E-state index contributed by atoms with van der Waals surface area (Å²) >= 11 is 0. The number of hydrogen-bond acceptors (Lipinski definition) is 6. The second-order valence-corrected chi connectivity index (χ2v) is 13.1. The summed E-state index contributed by atoms with van der Waals surface area (Å²) in [5.74, 6) is 0.0627. The predicted octanol–water partition coefficient (Wildman–Crippen LogP) is 11.2. The summed E-state index contributed by atoms with van der Waals surface area (Å²) in [6.45, 7) is 7.77. The van der Waals surface area contributed by atoms with Crippen molar-refractivity contribution in [2.24, 2.45) is 0 Å². The largest absolute Gasteiger partial charge is 0.491 e. The van der Waals surface area contributed by atoms with Crippen molar-refractivity contribution in [2.45, 2.75) is 109 Å². The molecule has 0 aromatic heterocycles. The van der Waals surface area contributed by atoms with Gasteiger partial charge in [0.1, 0.15) is 6.61 Å². The number of ether oxygens (including phenoxy) is 3. The number of esters is 1. The minimum absolute atomic E-state index is 0.226. The lowest BCUT2D eigenvalue weighted by molar-refractivity contribution is -0.304. The fourth-order valence-corrected chi connectivity index (χ4v) is 6.25. The Morgan fingerprint density at radius 2 is 1.26 bits per heavy atom. The molecule has 4 rings (SSSR count). The average Bonchev–Trinajstić information content (AvgIpc) is 3.14. The van der Waals surface area contributed by atoms with Gasteiger partial charge in [-0.2, -0.15) is 0 Å². The van der Waals surface area contributed by atoms with E-state index in [0.717, 1.165) is 68.1 Å². The topological polar surface area (TPSA) is 63.2 Å². The van der Waals surface area contributed by atoms with Gasteiger partial charge in [0.2, 0.25) is 0 Å². The molecule has 8 heteroatoms. The van der Waals surface area contributed by atoms with Gasteiger partial charge < -0.3 is 14.2 Å². The SMILES string of the molecule is C=CCCCOOCc1ccc(C(=O)OCCCCOc2ccc(C3CCC(c4ccc(OCCCCCCC)c(F)c4)CC3)cc2F)cc1. The zero-order valence-corrected chi connectivity index (χ0v) is 29.6. The molecule has 0 N–H and O–H groups in total. The molecular weight excluding hydrogens is 638 g/mol. The van der Waals surface area contributed by atoms with Crippen molar-refractivity contribution >= 4 is 5.97 Å². The second-order valence-electron chi connectivity index (χ2n) is 13.1. The summed E-state index contributed by atoms with van der Waals surface area (Å²) in [4.78, 5) is 22.7. The molecule has 1 saturated carbocycles. The minimum atomic E-state index is -0.395. The Labute approximate surface area is 297 Å². The van der Waals surface area contributed by atoms with Crippen LogP contribution in [0.4, 0.5) is 8.78 Å². The van der Waals surface area contributed by atoms with Gasteiger partial charge in [0.05, 0.1) is 32.0 Å². The first-order chi connectivity index (χ1) is 24.5. The number of allylic oxidation sites excluding steroid dienone is 1. The summed E-state index contributed by atoms with van der Waals surface area (Å²) in [6.07, 6.45) is 14.2. The van der Waals surface area contributed by atoms with E-state index in [4.69, 9.17) is 24.0 Å². The van der Waals surface area contributed by atoms with Gasteiger partial charge in [-0.25, -0.2) is 23.4 Å². The van der Waals surface area contributed by atoms with Gasteiger partial charge in [-0.3, -0.25) is 0 Å². The monoisotopic (exact) mass is 692 g/mol. The van der Waals surface area contributed by atoms with Crippen LogP contribution in [0.5, 0.6) is 11.5 Å². The van der Waals surface area contributed by atoms with E-state index in [1.54, 1.807) is 48.5 Å². The van der Waals surface area contributed by atoms with Crippen LogP contribution in [-0.4, -0.2) is 32.4 Å². The lowest BCUT2D eigenvalue weighted by atomic mass is 9.76. The highest BCUT2D eigenvalue weighted by molar-refractivity contribution is 5.89. The highest BCUT2D eigenvalue weighted by Crippen LogP contribution is 2.41. The van der Waals surface area contributed by atoms with Crippen LogP contribution in [0.15, 0.2) is 73.3 Å². The molecule has 0 saturated heterocycles. The van der Waals surface area contributed by atoms with Crippen LogP contribution in [0, 0.1) is 11.6 Å². The molecule has 0 aliphatic heterocycles. The van der Waals surface area contributed by atoms with Gasteiger partial charge in [0.25, 0.3) is 0 Å². The maximum atomic E-state index is 15.0. The highest BCUT2D eigenvalue weighted by Gasteiger charge is 2.25. The van der Waals surface area contributed by atoms with Crippen LogP contribution in [0.3, 0.4) is 0 Å². The average molecular weight is 693 g/mol. The van der Waals surface area contributed by atoms with E-state index in [2.05, 4.69) is 13.5 Å². The Morgan fingerprint density at radius 3 is 1.82 bits per heavy atom. The smallest absolute Gasteiger partial charge is 0.338 e. The first kappa shape index (κ1) is 39.0. The van der Waals surface area contributed by atoms with Gasteiger partial charge in [0, 0.05) is 0 Å². The van der Waals surface area contributed by atoms with Crippen molar-refractivity contribution in [3.8, 4) is 11.5 Å². The second kappa shape index (κ2) is 22.1. The molecule has 1 fully saturated rings. The predicted molar refractivity (Wildman–Crippen MR) is 193 cm³/mol. The number of halogens is 2. The third-order valence-corrected chi connectivity index (χ3v) is 9.25. The van der Waals surface area contributed by atoms with Crippen LogP contribution in [0.25, 0.3) is 0 Å². The molecule has 0 amide bonds. The molecular formula is C42H54F2O6. The summed E-state index contributed by atoms with van der Waals surface area (Å²) in [7, 11) is 0. The molecule has 0 heterocycles. The Hall–Kier alpha value is -3.75. The molecule has 0 atom stereocenters. The fourth-order valence-electron chi connectivity index (χ4n) is 6.25. The quantitative estimate of drug-likeness (QED) is 0.0324. The molecule has 0 radical (unpaired) electrons. The van der Waals surface area contributed by atoms with Crippen LogP contribution >= 0.6 is 0 Å². The Kier molecular flexibility index (Phi) is 17.3. The van der Waals surface area contributed by atoms with Crippen LogP contribution in [0.2, 0.25) is 0 Å². The summed E-state index contributed by atoms with van der Waals surface area (Å²) in [5, 5.41) is 0. The first-order valence-electron chi connectivity index (χ1n) is 18.4. The van der Waals surface area contributed by atoms with Crippen molar-refractivity contribution in [3.05, 3.63) is 107 Å². The number of carbonyl (C=O) groups is 1. The maximum Gasteiger partial charge on any atom is 0.338 e. The lowest BCUT2D eigenvalue weighted by Gasteiger charge is -2.29. The normalized spacial score (nSPS) is 15.8. The third kappa shape index (κ3) is 13.2. The number of rotatable bonds is 23. The van der Waals surface area contributed by atoms with Crippen molar-refractivity contribution < 1.29 is 37.6 Å². The molecule has 272 valence electrons. The number of carbonyl (C=O) groups excluding carboxylic acids is 1. The molecule has 1 aliphatic carbocycles. The van der Waals surface area contributed by atoms with Gasteiger partial charge in [-0.1, -0.05) is 62.9 Å². The van der Waals surface area contributed by atoms with Crippen molar-refractivity contribution in [3.63, 3.8) is 0 Å². The zero-order valence-electron chi connectivity index (χ0n) is 29.6. The van der Waals surface area contributed by atoms with E-state index < -0.39 is 5.97 Å². The molecule has 0 bridgehead atoms. The van der Waals surface area contributed by atoms with Crippen LogP contribution < -0.4 is 9.47 Å². The summed E-state index contributed by atoms with van der Waals surface area (Å²) in [5.41, 5.74) is 3.34. The van der Waals surface area contributed by atoms with E-state index >= 15 is 0 Å². The maximum absolute atomic E-state index is 15.0. The summed E-state index contributed by atoms with van der Waals surface area (Å²) < 4.78 is 46.5. The minimum Gasteiger partial charge on any atom is -0.491 e. The Bertz CT molecular complexity index is 1430. The van der Waals surface area contributed by atoms with E-state index in [-0.39, 0.29) is 29.9 Å².